The van der Waals surface area contributed by atoms with E-state index in [1.165, 1.54) is 0 Å². The Labute approximate surface area is 99.3 Å². The third kappa shape index (κ3) is 2.27. The van der Waals surface area contributed by atoms with Crippen molar-refractivity contribution in [2.75, 3.05) is 0 Å². The van der Waals surface area contributed by atoms with Gasteiger partial charge in [-0.05, 0) is 39.7 Å². The van der Waals surface area contributed by atoms with E-state index in [9.17, 15) is 4.79 Å². The van der Waals surface area contributed by atoms with Gasteiger partial charge in [0, 0.05) is 14.7 Å². The van der Waals surface area contributed by atoms with Gasteiger partial charge < -0.3 is 5.11 Å². The molecule has 1 aromatic heterocycles. The van der Waals surface area contributed by atoms with E-state index >= 15 is 0 Å². The van der Waals surface area contributed by atoms with Gasteiger partial charge in [-0.1, -0.05) is 12.1 Å². The van der Waals surface area contributed by atoms with Crippen molar-refractivity contribution in [2.24, 2.45) is 0 Å². The van der Waals surface area contributed by atoms with Crippen LogP contribution in [0.15, 0.2) is 40.2 Å². The molecule has 0 saturated carbocycles. The van der Waals surface area contributed by atoms with Crippen LogP contribution in [0.4, 0.5) is 0 Å². The fourth-order valence-electron chi connectivity index (χ4n) is 1.24. The lowest BCUT2D eigenvalue weighted by molar-refractivity contribution is 0.0697. The summed E-state index contributed by atoms with van der Waals surface area (Å²) in [6, 6.07) is 8.89. The number of carboxylic acids is 1. The summed E-state index contributed by atoms with van der Waals surface area (Å²) in [7, 11) is 0. The quantitative estimate of drug-likeness (QED) is 0.908. The lowest BCUT2D eigenvalue weighted by Gasteiger charge is -1.97. The second kappa shape index (κ2) is 4.16. The molecule has 0 fully saturated rings. The van der Waals surface area contributed by atoms with E-state index < -0.39 is 5.97 Å². The van der Waals surface area contributed by atoms with Crippen LogP contribution in [0.5, 0.6) is 0 Å². The van der Waals surface area contributed by atoms with E-state index in [0.717, 1.165) is 14.9 Å². The van der Waals surface area contributed by atoms with Gasteiger partial charge >= 0.3 is 5.97 Å². The summed E-state index contributed by atoms with van der Waals surface area (Å²) in [6.45, 7) is 0. The zero-order valence-electron chi connectivity index (χ0n) is 7.61. The van der Waals surface area contributed by atoms with Gasteiger partial charge in [-0.2, -0.15) is 0 Å². The van der Waals surface area contributed by atoms with E-state index in [0.29, 0.717) is 5.56 Å². The zero-order chi connectivity index (χ0) is 10.8. The molecule has 1 N–H and O–H groups in total. The Bertz CT molecular complexity index is 488. The van der Waals surface area contributed by atoms with Crippen LogP contribution >= 0.6 is 27.3 Å². The Morgan fingerprint density at radius 2 is 1.93 bits per heavy atom. The minimum Gasteiger partial charge on any atom is -0.478 e. The molecule has 0 unspecified atom stereocenters. The summed E-state index contributed by atoms with van der Waals surface area (Å²) in [4.78, 5) is 11.8. The molecular weight excluding hydrogens is 276 g/mol. The topological polar surface area (TPSA) is 37.3 Å². The molecule has 1 aromatic carbocycles. The molecule has 1 heterocycles. The van der Waals surface area contributed by atoms with Gasteiger partial charge in [0.1, 0.15) is 0 Å². The molecular formula is C11H7BrO2S. The van der Waals surface area contributed by atoms with Gasteiger partial charge in [-0.15, -0.1) is 11.3 Å². The molecule has 76 valence electrons. The summed E-state index contributed by atoms with van der Waals surface area (Å²) in [5.74, 6) is -0.895. The number of benzene rings is 1. The number of hydrogen-bond donors (Lipinski definition) is 1. The molecule has 0 bridgehead atoms. The van der Waals surface area contributed by atoms with E-state index in [4.69, 9.17) is 5.11 Å². The predicted octanol–water partition coefficient (Wildman–Crippen LogP) is 3.88. The van der Waals surface area contributed by atoms with E-state index in [2.05, 4.69) is 15.9 Å². The second-order valence-corrected chi connectivity index (χ2v) is 4.84. The maximum absolute atomic E-state index is 10.6. The molecule has 0 aliphatic heterocycles. The normalized spacial score (nSPS) is 10.2. The molecule has 4 heteroatoms. The third-order valence-corrected chi connectivity index (χ3v) is 3.72. The molecule has 0 aliphatic rings. The number of rotatable bonds is 2. The molecule has 0 aliphatic carbocycles. The van der Waals surface area contributed by atoms with E-state index in [1.807, 2.05) is 23.6 Å². The first-order chi connectivity index (χ1) is 7.16. The van der Waals surface area contributed by atoms with Crippen molar-refractivity contribution >= 4 is 33.2 Å². The summed E-state index contributed by atoms with van der Waals surface area (Å²) < 4.78 is 1.05. The number of hydrogen-bond acceptors (Lipinski definition) is 2. The summed E-state index contributed by atoms with van der Waals surface area (Å²) >= 11 is 5.01. The van der Waals surface area contributed by atoms with Gasteiger partial charge in [0.15, 0.2) is 0 Å². The molecule has 2 nitrogen and oxygen atoms in total. The van der Waals surface area contributed by atoms with Crippen molar-refractivity contribution in [3.63, 3.8) is 0 Å². The highest BCUT2D eigenvalue weighted by molar-refractivity contribution is 9.10. The molecule has 0 spiro atoms. The van der Waals surface area contributed by atoms with Gasteiger partial charge in [-0.3, -0.25) is 0 Å². The Hall–Kier alpha value is -1.13. The Morgan fingerprint density at radius 1 is 1.27 bits per heavy atom. The average molecular weight is 283 g/mol. The summed E-state index contributed by atoms with van der Waals surface area (Å²) in [5.41, 5.74) is 1.35. The highest BCUT2D eigenvalue weighted by Gasteiger charge is 2.04. The summed E-state index contributed by atoms with van der Waals surface area (Å²) in [5, 5.41) is 10.7. The second-order valence-electron chi connectivity index (χ2n) is 3.01. The maximum Gasteiger partial charge on any atom is 0.335 e. The van der Waals surface area contributed by atoms with Crippen molar-refractivity contribution < 1.29 is 9.90 Å². The fraction of sp³-hybridized carbons (Fsp3) is 0. The maximum atomic E-state index is 10.6. The SMILES string of the molecule is O=C(O)c1ccc(-c2cc(Br)cs2)cc1. The van der Waals surface area contributed by atoms with Crippen LogP contribution < -0.4 is 0 Å². The van der Waals surface area contributed by atoms with Crippen LogP contribution in [0.2, 0.25) is 0 Å². The van der Waals surface area contributed by atoms with Gasteiger partial charge in [0.2, 0.25) is 0 Å². The third-order valence-electron chi connectivity index (χ3n) is 1.98. The highest BCUT2D eigenvalue weighted by Crippen LogP contribution is 2.29. The zero-order valence-corrected chi connectivity index (χ0v) is 10.0. The first kappa shape index (κ1) is 10.4. The van der Waals surface area contributed by atoms with E-state index in [-0.39, 0.29) is 0 Å². The predicted molar refractivity (Wildman–Crippen MR) is 64.4 cm³/mol. The molecule has 0 radical (unpaired) electrons. The Morgan fingerprint density at radius 3 is 2.40 bits per heavy atom. The van der Waals surface area contributed by atoms with Crippen molar-refractivity contribution in [3.05, 3.63) is 45.7 Å². The van der Waals surface area contributed by atoms with Crippen LogP contribution in [-0.2, 0) is 0 Å². The first-order valence-electron chi connectivity index (χ1n) is 4.24. The van der Waals surface area contributed by atoms with Crippen LogP contribution in [0.25, 0.3) is 10.4 Å². The molecule has 0 atom stereocenters. The molecule has 15 heavy (non-hydrogen) atoms. The minimum atomic E-state index is -0.895. The number of carboxylic acid groups (broad SMARTS) is 1. The van der Waals surface area contributed by atoms with Crippen molar-refractivity contribution in [2.45, 2.75) is 0 Å². The van der Waals surface area contributed by atoms with Gasteiger partial charge in [0.25, 0.3) is 0 Å². The number of carbonyl (C=O) groups is 1. The van der Waals surface area contributed by atoms with E-state index in [1.54, 1.807) is 23.5 Å². The molecule has 0 amide bonds. The van der Waals surface area contributed by atoms with Crippen LogP contribution in [-0.4, -0.2) is 11.1 Å². The Kier molecular flexibility index (Phi) is 2.88. The van der Waals surface area contributed by atoms with Gasteiger partial charge in [0.05, 0.1) is 5.56 Å². The van der Waals surface area contributed by atoms with Crippen LogP contribution in [0.1, 0.15) is 10.4 Å². The van der Waals surface area contributed by atoms with Crippen LogP contribution in [0.3, 0.4) is 0 Å². The molecule has 2 aromatic rings. The number of thiophene rings is 1. The smallest absolute Gasteiger partial charge is 0.335 e. The van der Waals surface area contributed by atoms with Crippen molar-refractivity contribution in [1.29, 1.82) is 0 Å². The molecule has 0 saturated heterocycles. The number of aromatic carboxylic acids is 1. The summed E-state index contributed by atoms with van der Waals surface area (Å²) in [6.07, 6.45) is 0. The molecule has 2 rings (SSSR count). The van der Waals surface area contributed by atoms with Crippen molar-refractivity contribution in [1.82, 2.24) is 0 Å². The minimum absolute atomic E-state index is 0.314. The fourth-order valence-corrected chi connectivity index (χ4v) is 2.68. The number of halogens is 1. The largest absolute Gasteiger partial charge is 0.478 e. The van der Waals surface area contributed by atoms with Gasteiger partial charge in [-0.25, -0.2) is 4.79 Å². The first-order valence-corrected chi connectivity index (χ1v) is 5.92. The average Bonchev–Trinajstić information content (AvgIpc) is 2.65. The monoisotopic (exact) mass is 282 g/mol. The Balaban J connectivity index is 2.35. The standard InChI is InChI=1S/C11H7BrO2S/c12-9-5-10(15-6-9)7-1-3-8(4-2-7)11(13)14/h1-6H,(H,13,14). The van der Waals surface area contributed by atoms with Crippen LogP contribution in [0, 0.1) is 0 Å². The highest BCUT2D eigenvalue weighted by atomic mass is 79.9. The lowest BCUT2D eigenvalue weighted by Crippen LogP contribution is -1.94. The lowest BCUT2D eigenvalue weighted by atomic mass is 10.1. The van der Waals surface area contributed by atoms with Crippen molar-refractivity contribution in [3.8, 4) is 10.4 Å².